The van der Waals surface area contributed by atoms with Crippen LogP contribution in [0.4, 0.5) is 0 Å². The highest BCUT2D eigenvalue weighted by atomic mass is 16.7. The van der Waals surface area contributed by atoms with Crippen molar-refractivity contribution in [2.45, 2.75) is 124 Å². The van der Waals surface area contributed by atoms with E-state index in [0.717, 1.165) is 0 Å². The first-order valence-corrected chi connectivity index (χ1v) is 14.1. The fraction of sp³-hybridized carbons (Fsp3) is 1.00. The summed E-state index contributed by atoms with van der Waals surface area (Å²) in [6, 6.07) is -3.98. The Morgan fingerprint density at radius 2 is 1.07 bits per heavy atom. The molecule has 3 saturated heterocycles. The van der Waals surface area contributed by atoms with Crippen molar-refractivity contribution in [1.82, 2.24) is 0 Å². The number of nitrogens with two attached hydrogens (primary N) is 5. The Morgan fingerprint density at radius 3 is 1.62 bits per heavy atom. The fourth-order valence-corrected chi connectivity index (χ4v) is 5.95. The maximum Gasteiger partial charge on any atom is 0.176 e. The second-order valence-corrected chi connectivity index (χ2v) is 11.6. The lowest BCUT2D eigenvalue weighted by molar-refractivity contribution is -0.309. The summed E-state index contributed by atoms with van der Waals surface area (Å²) in [7, 11) is 0. The third-order valence-electron chi connectivity index (χ3n) is 8.65. The Bertz CT molecular complexity index is 866. The van der Waals surface area contributed by atoms with Crippen LogP contribution >= 0.6 is 0 Å². The standard InChI is InChI=1S/C24H47N5O13/c1-6-19(40-23-12(28)17(35)15(33)9(3-25)37-23)11(5-31)39-22(6)42-21-14(32)7(26)2-8(27)20(21)41-24-13(29)18(36)16(34)10(4-30)38-24/h6-24,30-36H,2-5,25-29H2,1H3. The minimum atomic E-state index is -1.49. The summed E-state index contributed by atoms with van der Waals surface area (Å²) in [5.74, 6) is -0.621. The maximum atomic E-state index is 11.0. The van der Waals surface area contributed by atoms with Crippen LogP contribution in [0.5, 0.6) is 0 Å². The highest BCUT2D eigenvalue weighted by Crippen LogP contribution is 2.36. The number of aliphatic hydroxyl groups is 7. The predicted octanol–water partition coefficient (Wildman–Crippen LogP) is -7.59. The molecule has 18 nitrogen and oxygen atoms in total. The first kappa shape index (κ1) is 34.2. The van der Waals surface area contributed by atoms with Gasteiger partial charge in [0.25, 0.3) is 0 Å². The lowest BCUT2D eigenvalue weighted by Crippen LogP contribution is -2.68. The first-order chi connectivity index (χ1) is 19.8. The number of aliphatic hydroxyl groups excluding tert-OH is 7. The molecule has 0 aromatic rings. The molecular formula is C24H47N5O13. The van der Waals surface area contributed by atoms with Crippen LogP contribution in [0.2, 0.25) is 0 Å². The van der Waals surface area contributed by atoms with Crippen LogP contribution in [0.3, 0.4) is 0 Å². The van der Waals surface area contributed by atoms with Crippen LogP contribution in [-0.2, 0) is 28.4 Å². The van der Waals surface area contributed by atoms with Crippen LogP contribution in [0.25, 0.3) is 0 Å². The molecule has 3 aliphatic heterocycles. The summed E-state index contributed by atoms with van der Waals surface area (Å²) < 4.78 is 35.4. The zero-order valence-electron chi connectivity index (χ0n) is 23.3. The molecule has 0 bridgehead atoms. The predicted molar refractivity (Wildman–Crippen MR) is 140 cm³/mol. The number of hydrogen-bond acceptors (Lipinski definition) is 18. The van der Waals surface area contributed by atoms with E-state index in [4.69, 9.17) is 57.1 Å². The Morgan fingerprint density at radius 1 is 0.595 bits per heavy atom. The van der Waals surface area contributed by atoms with Gasteiger partial charge in [0.1, 0.15) is 54.9 Å². The zero-order chi connectivity index (χ0) is 31.0. The molecule has 1 saturated carbocycles. The maximum absolute atomic E-state index is 11.0. The molecule has 18 heteroatoms. The summed E-state index contributed by atoms with van der Waals surface area (Å²) in [4.78, 5) is 0. The molecule has 4 aliphatic rings. The average Bonchev–Trinajstić information content (AvgIpc) is 3.27. The molecule has 42 heavy (non-hydrogen) atoms. The normalized spacial score (nSPS) is 53.8. The molecule has 17 N–H and O–H groups in total. The van der Waals surface area contributed by atoms with E-state index in [-0.39, 0.29) is 13.0 Å². The third-order valence-corrected chi connectivity index (χ3v) is 8.65. The van der Waals surface area contributed by atoms with Crippen LogP contribution in [0.1, 0.15) is 13.3 Å². The van der Waals surface area contributed by atoms with Gasteiger partial charge in [-0.3, -0.25) is 0 Å². The summed E-state index contributed by atoms with van der Waals surface area (Å²) in [5, 5.41) is 71.6. The zero-order valence-corrected chi connectivity index (χ0v) is 23.3. The molecule has 0 spiro atoms. The fourth-order valence-electron chi connectivity index (χ4n) is 5.95. The molecule has 0 aromatic carbocycles. The SMILES string of the molecule is CC1C(OC2C(O)C(N)CC(N)C2OC2OC(CO)C(O)C(O)C2N)OC(CO)C1OC1OC(CN)C(O)C(O)C1N. The number of hydrogen-bond donors (Lipinski definition) is 12. The van der Waals surface area contributed by atoms with Gasteiger partial charge in [0, 0.05) is 24.5 Å². The quantitative estimate of drug-likeness (QED) is 0.115. The van der Waals surface area contributed by atoms with E-state index in [1.54, 1.807) is 6.92 Å². The van der Waals surface area contributed by atoms with Crippen molar-refractivity contribution in [2.75, 3.05) is 19.8 Å². The van der Waals surface area contributed by atoms with Gasteiger partial charge in [-0.15, -0.1) is 0 Å². The van der Waals surface area contributed by atoms with Crippen molar-refractivity contribution < 1.29 is 64.2 Å². The monoisotopic (exact) mass is 613 g/mol. The van der Waals surface area contributed by atoms with Crippen molar-refractivity contribution in [3.8, 4) is 0 Å². The second kappa shape index (κ2) is 14.1. The molecule has 0 amide bonds. The Balaban J connectivity index is 1.50. The van der Waals surface area contributed by atoms with Gasteiger partial charge in [-0.2, -0.15) is 0 Å². The van der Waals surface area contributed by atoms with E-state index in [9.17, 15) is 35.7 Å². The smallest absolute Gasteiger partial charge is 0.176 e. The van der Waals surface area contributed by atoms with Crippen molar-refractivity contribution in [2.24, 2.45) is 34.6 Å². The average molecular weight is 614 g/mol. The second-order valence-electron chi connectivity index (χ2n) is 11.6. The third kappa shape index (κ3) is 6.62. The van der Waals surface area contributed by atoms with Gasteiger partial charge in [0.05, 0.1) is 37.5 Å². The Kier molecular flexibility index (Phi) is 11.5. The molecule has 0 radical (unpaired) electrons. The molecule has 19 unspecified atom stereocenters. The molecule has 4 fully saturated rings. The highest BCUT2D eigenvalue weighted by Gasteiger charge is 2.53. The van der Waals surface area contributed by atoms with E-state index in [0.29, 0.717) is 0 Å². The van der Waals surface area contributed by atoms with Crippen molar-refractivity contribution >= 4 is 0 Å². The summed E-state index contributed by atoms with van der Waals surface area (Å²) in [6.45, 7) is 0.464. The highest BCUT2D eigenvalue weighted by molar-refractivity contribution is 5.01. The van der Waals surface area contributed by atoms with Crippen LogP contribution in [0.15, 0.2) is 0 Å². The van der Waals surface area contributed by atoms with Crippen molar-refractivity contribution in [3.05, 3.63) is 0 Å². The number of ether oxygens (including phenoxy) is 6. The van der Waals surface area contributed by atoms with Gasteiger partial charge in [-0.25, -0.2) is 0 Å². The lowest BCUT2D eigenvalue weighted by atomic mass is 9.84. The summed E-state index contributed by atoms with van der Waals surface area (Å²) >= 11 is 0. The van der Waals surface area contributed by atoms with Gasteiger partial charge in [-0.1, -0.05) is 6.92 Å². The van der Waals surface area contributed by atoms with Crippen LogP contribution in [-0.4, -0.2) is 166 Å². The van der Waals surface area contributed by atoms with Crippen LogP contribution in [0, 0.1) is 5.92 Å². The van der Waals surface area contributed by atoms with Crippen LogP contribution < -0.4 is 28.7 Å². The van der Waals surface area contributed by atoms with Crippen molar-refractivity contribution in [3.63, 3.8) is 0 Å². The van der Waals surface area contributed by atoms with Gasteiger partial charge in [-0.05, 0) is 6.42 Å². The van der Waals surface area contributed by atoms with Gasteiger partial charge in [0.2, 0.25) is 0 Å². The topological polar surface area (TPSA) is 327 Å². The lowest BCUT2D eigenvalue weighted by Gasteiger charge is -2.47. The first-order valence-electron chi connectivity index (χ1n) is 14.1. The molecule has 246 valence electrons. The minimum Gasteiger partial charge on any atom is -0.394 e. The van der Waals surface area contributed by atoms with Gasteiger partial charge in [0.15, 0.2) is 18.9 Å². The molecule has 3 heterocycles. The van der Waals surface area contributed by atoms with Crippen molar-refractivity contribution in [1.29, 1.82) is 0 Å². The van der Waals surface area contributed by atoms with E-state index >= 15 is 0 Å². The van der Waals surface area contributed by atoms with E-state index in [2.05, 4.69) is 0 Å². The number of rotatable bonds is 9. The Hall–Kier alpha value is -0.720. The molecule has 1 aliphatic carbocycles. The summed E-state index contributed by atoms with van der Waals surface area (Å²) in [6.07, 6.45) is -16.7. The van der Waals surface area contributed by atoms with E-state index in [1.165, 1.54) is 0 Å². The van der Waals surface area contributed by atoms with Gasteiger partial charge >= 0.3 is 0 Å². The van der Waals surface area contributed by atoms with E-state index in [1.807, 2.05) is 0 Å². The Labute approximate surface area is 242 Å². The molecule has 4 rings (SSSR count). The minimum absolute atomic E-state index is 0.110. The molecular weight excluding hydrogens is 566 g/mol. The largest absolute Gasteiger partial charge is 0.394 e. The molecule has 19 atom stereocenters. The van der Waals surface area contributed by atoms with Gasteiger partial charge < -0.3 is 92.8 Å². The summed E-state index contributed by atoms with van der Waals surface area (Å²) in [5.41, 5.74) is 30.2. The molecule has 0 aromatic heterocycles. The van der Waals surface area contributed by atoms with E-state index < -0.39 is 129 Å².